The molecule has 0 aromatic heterocycles. The molecule has 3 atom stereocenters. The first-order chi connectivity index (χ1) is 13.9. The lowest BCUT2D eigenvalue weighted by molar-refractivity contribution is -0.143. The van der Waals surface area contributed by atoms with Crippen molar-refractivity contribution in [2.24, 2.45) is 5.92 Å². The van der Waals surface area contributed by atoms with Crippen LogP contribution < -0.4 is 5.32 Å². The summed E-state index contributed by atoms with van der Waals surface area (Å²) in [6, 6.07) is 3.19. The molecule has 1 heterocycles. The fourth-order valence-electron chi connectivity index (χ4n) is 3.38. The number of rotatable bonds is 7. The van der Waals surface area contributed by atoms with Crippen molar-refractivity contribution in [1.29, 1.82) is 0 Å². The van der Waals surface area contributed by atoms with Crippen molar-refractivity contribution < 1.29 is 27.5 Å². The SMILES string of the molecule is COC(=O)C(CC(C)C)NC(=O)c1ccc(Cl)c(S(=O)(=O)N2CC(C)OC(C)C2)c1. The molecule has 30 heavy (non-hydrogen) atoms. The van der Waals surface area contributed by atoms with Crippen LogP contribution in [0.15, 0.2) is 23.1 Å². The number of morpholine rings is 1. The van der Waals surface area contributed by atoms with Crippen LogP contribution in [0.25, 0.3) is 0 Å². The molecule has 0 bridgehead atoms. The summed E-state index contributed by atoms with van der Waals surface area (Å²) in [6.07, 6.45) is -0.128. The van der Waals surface area contributed by atoms with Crippen LogP contribution in [0.4, 0.5) is 0 Å². The molecular formula is C20H29ClN2O6S. The smallest absolute Gasteiger partial charge is 0.328 e. The van der Waals surface area contributed by atoms with Gasteiger partial charge in [-0.05, 0) is 44.4 Å². The van der Waals surface area contributed by atoms with E-state index in [1.54, 1.807) is 13.8 Å². The van der Waals surface area contributed by atoms with Crippen LogP contribution in [0, 0.1) is 5.92 Å². The van der Waals surface area contributed by atoms with Gasteiger partial charge >= 0.3 is 5.97 Å². The molecule has 8 nitrogen and oxygen atoms in total. The maximum atomic E-state index is 13.2. The third-order valence-corrected chi connectivity index (χ3v) is 7.01. The molecule has 3 unspecified atom stereocenters. The largest absolute Gasteiger partial charge is 0.467 e. The Labute approximate surface area is 182 Å². The number of sulfonamides is 1. The summed E-state index contributed by atoms with van der Waals surface area (Å²) in [5.74, 6) is -1.00. The normalized spacial score (nSPS) is 21.3. The van der Waals surface area contributed by atoms with Crippen LogP contribution in [0.1, 0.15) is 44.5 Å². The zero-order chi connectivity index (χ0) is 22.6. The van der Waals surface area contributed by atoms with Crippen LogP contribution >= 0.6 is 11.6 Å². The number of benzene rings is 1. The van der Waals surface area contributed by atoms with Gasteiger partial charge in [0.05, 0.1) is 24.3 Å². The number of methoxy groups -OCH3 is 1. The zero-order valence-electron chi connectivity index (χ0n) is 17.8. The number of halogens is 1. The van der Waals surface area contributed by atoms with Gasteiger partial charge in [0.2, 0.25) is 10.0 Å². The van der Waals surface area contributed by atoms with Crippen LogP contribution in [-0.4, -0.2) is 63.0 Å². The van der Waals surface area contributed by atoms with Crippen LogP contribution in [0.2, 0.25) is 5.02 Å². The van der Waals surface area contributed by atoms with Crippen molar-refractivity contribution in [3.63, 3.8) is 0 Å². The maximum Gasteiger partial charge on any atom is 0.328 e. The molecule has 1 aliphatic heterocycles. The Bertz CT molecular complexity index is 879. The van der Waals surface area contributed by atoms with Gasteiger partial charge in [0.25, 0.3) is 5.91 Å². The van der Waals surface area contributed by atoms with Gasteiger partial charge in [0.1, 0.15) is 10.9 Å². The van der Waals surface area contributed by atoms with Crippen molar-refractivity contribution >= 4 is 33.5 Å². The van der Waals surface area contributed by atoms with Crippen molar-refractivity contribution in [2.45, 2.75) is 57.3 Å². The van der Waals surface area contributed by atoms with Gasteiger partial charge in [-0.2, -0.15) is 4.31 Å². The minimum Gasteiger partial charge on any atom is -0.467 e. The number of carbonyl (C=O) groups is 2. The van der Waals surface area contributed by atoms with Gasteiger partial charge in [-0.25, -0.2) is 13.2 Å². The van der Waals surface area contributed by atoms with Gasteiger partial charge in [0.15, 0.2) is 0 Å². The fraction of sp³-hybridized carbons (Fsp3) is 0.600. The highest BCUT2D eigenvalue weighted by atomic mass is 35.5. The van der Waals surface area contributed by atoms with E-state index in [0.717, 1.165) is 0 Å². The highest BCUT2D eigenvalue weighted by Gasteiger charge is 2.34. The molecule has 1 aromatic carbocycles. The molecule has 1 fully saturated rings. The number of carbonyl (C=O) groups excluding carboxylic acids is 2. The van der Waals surface area contributed by atoms with E-state index in [-0.39, 0.29) is 46.7 Å². The molecule has 1 aliphatic rings. The van der Waals surface area contributed by atoms with Gasteiger partial charge in [-0.1, -0.05) is 25.4 Å². The van der Waals surface area contributed by atoms with Crippen molar-refractivity contribution in [3.8, 4) is 0 Å². The summed E-state index contributed by atoms with van der Waals surface area (Å²) in [5.41, 5.74) is 0.0880. The summed E-state index contributed by atoms with van der Waals surface area (Å²) in [5, 5.41) is 2.64. The van der Waals surface area contributed by atoms with Gasteiger partial charge < -0.3 is 14.8 Å². The molecule has 0 aliphatic carbocycles. The average Bonchev–Trinajstić information content (AvgIpc) is 2.65. The van der Waals surface area contributed by atoms with Gasteiger partial charge in [-0.3, -0.25) is 4.79 Å². The number of nitrogens with zero attached hydrogens (tertiary/aromatic N) is 1. The number of hydrogen-bond acceptors (Lipinski definition) is 6. The lowest BCUT2D eigenvalue weighted by Gasteiger charge is -2.34. The molecule has 168 valence electrons. The average molecular weight is 461 g/mol. The Morgan fingerprint density at radius 1 is 1.27 bits per heavy atom. The van der Waals surface area contributed by atoms with Crippen molar-refractivity contribution in [2.75, 3.05) is 20.2 Å². The van der Waals surface area contributed by atoms with Gasteiger partial charge in [0, 0.05) is 18.7 Å². The van der Waals surface area contributed by atoms with E-state index >= 15 is 0 Å². The van der Waals surface area contributed by atoms with Crippen molar-refractivity contribution in [1.82, 2.24) is 9.62 Å². The van der Waals surface area contributed by atoms with E-state index in [1.807, 2.05) is 13.8 Å². The van der Waals surface area contributed by atoms with E-state index < -0.39 is 27.9 Å². The molecule has 1 saturated heterocycles. The molecule has 0 spiro atoms. The summed E-state index contributed by atoms with van der Waals surface area (Å²) in [7, 11) is -2.68. The second-order valence-electron chi connectivity index (χ2n) is 7.90. The number of amides is 1. The topological polar surface area (TPSA) is 102 Å². The molecule has 1 N–H and O–H groups in total. The number of esters is 1. The Morgan fingerprint density at radius 3 is 2.40 bits per heavy atom. The second kappa shape index (κ2) is 10.1. The third kappa shape index (κ3) is 5.94. The Kier molecular flexibility index (Phi) is 8.27. The highest BCUT2D eigenvalue weighted by Crippen LogP contribution is 2.28. The summed E-state index contributed by atoms with van der Waals surface area (Å²) < 4.78 is 38.0. The number of nitrogens with one attached hydrogen (secondary N) is 1. The van der Waals surface area contributed by atoms with Crippen molar-refractivity contribution in [3.05, 3.63) is 28.8 Å². The second-order valence-corrected chi connectivity index (χ2v) is 10.2. The Hall–Kier alpha value is -1.68. The minimum atomic E-state index is -3.93. The number of ether oxygens (including phenoxy) is 2. The van der Waals surface area contributed by atoms with Crippen LogP contribution in [-0.2, 0) is 24.3 Å². The molecule has 1 amide bonds. The molecule has 2 rings (SSSR count). The Morgan fingerprint density at radius 2 is 1.87 bits per heavy atom. The summed E-state index contributed by atoms with van der Waals surface area (Å²) in [4.78, 5) is 24.6. The fourth-order valence-corrected chi connectivity index (χ4v) is 5.47. The van der Waals surface area contributed by atoms with E-state index in [4.69, 9.17) is 21.1 Å². The monoisotopic (exact) mass is 460 g/mol. The standard InChI is InChI=1S/C20H29ClN2O6S/c1-12(2)8-17(20(25)28-5)22-19(24)15-6-7-16(21)18(9-15)30(26,27)23-10-13(3)29-14(4)11-23/h6-7,9,12-14,17H,8,10-11H2,1-5H3,(H,22,24). The third-order valence-electron chi connectivity index (χ3n) is 4.70. The first-order valence-corrected chi connectivity index (χ1v) is 11.6. The van der Waals surface area contributed by atoms with E-state index in [9.17, 15) is 18.0 Å². The molecule has 1 aromatic rings. The van der Waals surface area contributed by atoms with E-state index in [1.165, 1.54) is 29.6 Å². The molecule has 0 saturated carbocycles. The molecule has 10 heteroatoms. The van der Waals surface area contributed by atoms with Crippen LogP contribution in [0.3, 0.4) is 0 Å². The molecule has 0 radical (unpaired) electrons. The quantitative estimate of drug-likeness (QED) is 0.627. The van der Waals surface area contributed by atoms with E-state index in [0.29, 0.717) is 6.42 Å². The number of hydrogen-bond donors (Lipinski definition) is 1. The van der Waals surface area contributed by atoms with E-state index in [2.05, 4.69) is 5.32 Å². The van der Waals surface area contributed by atoms with Crippen LogP contribution in [0.5, 0.6) is 0 Å². The zero-order valence-corrected chi connectivity index (χ0v) is 19.4. The molecular weight excluding hydrogens is 432 g/mol. The minimum absolute atomic E-state index is 0.0186. The lowest BCUT2D eigenvalue weighted by atomic mass is 10.0. The lowest BCUT2D eigenvalue weighted by Crippen LogP contribution is -2.48. The van der Waals surface area contributed by atoms with Gasteiger partial charge in [-0.15, -0.1) is 0 Å². The first-order valence-electron chi connectivity index (χ1n) is 9.79. The summed E-state index contributed by atoms with van der Waals surface area (Å²) in [6.45, 7) is 7.81. The summed E-state index contributed by atoms with van der Waals surface area (Å²) >= 11 is 6.18. The Balaban J connectivity index is 2.31. The predicted octanol–water partition coefficient (Wildman–Crippen LogP) is 2.46. The maximum absolute atomic E-state index is 13.2. The highest BCUT2D eigenvalue weighted by molar-refractivity contribution is 7.89. The predicted molar refractivity (Wildman–Crippen MR) is 113 cm³/mol. The first kappa shape index (κ1) is 24.6.